The maximum absolute atomic E-state index is 13.0. The highest BCUT2D eigenvalue weighted by Gasteiger charge is 2.65. The normalized spacial score (nSPS) is 22.4. The monoisotopic (exact) mass is 397 g/mol. The van der Waals surface area contributed by atoms with Gasteiger partial charge >= 0.3 is 5.97 Å². The number of aromatic carboxylic acids is 1. The lowest BCUT2D eigenvalue weighted by Gasteiger charge is -2.32. The number of carbonyl (C=O) groups excluding carboxylic acids is 1. The SMILES string of the molecule is CC1(S(=O)(=O)C2(CN3CCc4c(C(=O)O)nn(CCO)c4C3=O)CC2)CC1. The summed E-state index contributed by atoms with van der Waals surface area (Å²) in [7, 11) is -3.33. The maximum Gasteiger partial charge on any atom is 0.356 e. The molecular formula is C17H23N3O6S. The van der Waals surface area contributed by atoms with Crippen LogP contribution in [0, 0.1) is 0 Å². The molecule has 3 aliphatic rings. The number of fused-ring (bicyclic) bond motifs is 1. The average Bonchev–Trinajstić information content (AvgIpc) is 3.51. The molecule has 0 aromatic carbocycles. The summed E-state index contributed by atoms with van der Waals surface area (Å²) < 4.78 is 25.7. The molecule has 148 valence electrons. The van der Waals surface area contributed by atoms with E-state index in [4.69, 9.17) is 0 Å². The number of carboxylic acids is 1. The van der Waals surface area contributed by atoms with Crippen LogP contribution in [0.1, 0.15) is 59.1 Å². The second-order valence-corrected chi connectivity index (χ2v) is 10.9. The Morgan fingerprint density at radius 3 is 2.44 bits per heavy atom. The van der Waals surface area contributed by atoms with Crippen LogP contribution in [-0.4, -0.2) is 74.4 Å². The third-order valence-corrected chi connectivity index (χ3v) is 9.53. The molecule has 0 bridgehead atoms. The largest absolute Gasteiger partial charge is 0.476 e. The Bertz CT molecular complexity index is 927. The lowest BCUT2D eigenvalue weighted by molar-refractivity contribution is 0.0687. The molecule has 27 heavy (non-hydrogen) atoms. The maximum atomic E-state index is 13.0. The molecule has 0 radical (unpaired) electrons. The Kier molecular flexibility index (Phi) is 3.94. The van der Waals surface area contributed by atoms with Crippen molar-refractivity contribution in [3.05, 3.63) is 17.0 Å². The molecule has 2 aliphatic carbocycles. The summed E-state index contributed by atoms with van der Waals surface area (Å²) in [5, 5.41) is 22.5. The van der Waals surface area contributed by atoms with Gasteiger partial charge in [0, 0.05) is 18.7 Å². The van der Waals surface area contributed by atoms with Crippen LogP contribution in [0.25, 0.3) is 0 Å². The molecule has 10 heteroatoms. The first-order chi connectivity index (χ1) is 12.7. The summed E-state index contributed by atoms with van der Waals surface area (Å²) in [6, 6.07) is 0. The fraction of sp³-hybridized carbons (Fsp3) is 0.706. The third-order valence-electron chi connectivity index (χ3n) is 6.15. The first-order valence-electron chi connectivity index (χ1n) is 9.13. The first kappa shape index (κ1) is 18.4. The number of aliphatic hydroxyl groups excluding tert-OH is 1. The van der Waals surface area contributed by atoms with Crippen LogP contribution in [0.3, 0.4) is 0 Å². The van der Waals surface area contributed by atoms with Crippen LogP contribution in [0.4, 0.5) is 0 Å². The number of aliphatic hydroxyl groups is 1. The van der Waals surface area contributed by atoms with Crippen LogP contribution in [0.5, 0.6) is 0 Å². The van der Waals surface area contributed by atoms with E-state index in [-0.39, 0.29) is 37.6 Å². The lowest BCUT2D eigenvalue weighted by Crippen LogP contribution is -2.48. The molecule has 0 spiro atoms. The molecule has 1 aliphatic heterocycles. The van der Waals surface area contributed by atoms with Crippen molar-refractivity contribution >= 4 is 21.7 Å². The van der Waals surface area contributed by atoms with E-state index in [2.05, 4.69) is 5.10 Å². The Labute approximate surface area is 156 Å². The number of sulfone groups is 1. The van der Waals surface area contributed by atoms with E-state index in [0.29, 0.717) is 37.7 Å². The molecule has 1 aromatic rings. The molecule has 4 rings (SSSR count). The van der Waals surface area contributed by atoms with Crippen LogP contribution >= 0.6 is 0 Å². The van der Waals surface area contributed by atoms with E-state index in [0.717, 1.165) is 0 Å². The molecule has 0 saturated heterocycles. The molecule has 2 heterocycles. The minimum atomic E-state index is -3.33. The Morgan fingerprint density at radius 2 is 1.93 bits per heavy atom. The van der Waals surface area contributed by atoms with Gasteiger partial charge in [-0.15, -0.1) is 0 Å². The smallest absolute Gasteiger partial charge is 0.356 e. The number of hydrogen-bond donors (Lipinski definition) is 2. The highest BCUT2D eigenvalue weighted by molar-refractivity contribution is 7.94. The number of nitrogens with zero attached hydrogens (tertiary/aromatic N) is 3. The van der Waals surface area contributed by atoms with Crippen molar-refractivity contribution in [2.45, 2.75) is 55.1 Å². The number of carbonyl (C=O) groups is 2. The van der Waals surface area contributed by atoms with Crippen molar-refractivity contribution in [2.24, 2.45) is 0 Å². The van der Waals surface area contributed by atoms with Gasteiger partial charge in [-0.05, 0) is 39.0 Å². The standard InChI is InChI=1S/C17H23N3O6S/c1-16(3-4-16)27(25,26)17(5-6-17)10-19-7-2-11-12(15(23)24)18-20(8-9-21)13(11)14(19)22/h21H,2-10H2,1H3,(H,23,24). The minimum Gasteiger partial charge on any atom is -0.476 e. The van der Waals surface area contributed by atoms with Crippen LogP contribution < -0.4 is 0 Å². The lowest BCUT2D eigenvalue weighted by atomic mass is 10.0. The number of rotatable bonds is 7. The van der Waals surface area contributed by atoms with Crippen LogP contribution in [-0.2, 0) is 22.8 Å². The van der Waals surface area contributed by atoms with Crippen molar-refractivity contribution in [2.75, 3.05) is 19.7 Å². The zero-order valence-corrected chi connectivity index (χ0v) is 16.0. The predicted octanol–water partition coefficient (Wildman–Crippen LogP) is 0.0718. The summed E-state index contributed by atoms with van der Waals surface area (Å²) in [6.07, 6.45) is 2.75. The fourth-order valence-corrected chi connectivity index (χ4v) is 6.67. The Hall–Kier alpha value is -1.94. The molecule has 2 fully saturated rings. The number of aromatic nitrogens is 2. The summed E-state index contributed by atoms with van der Waals surface area (Å²) in [5.74, 6) is -1.63. The van der Waals surface area contributed by atoms with E-state index in [9.17, 15) is 28.2 Å². The van der Waals surface area contributed by atoms with Gasteiger partial charge in [-0.1, -0.05) is 0 Å². The molecule has 9 nitrogen and oxygen atoms in total. The van der Waals surface area contributed by atoms with Gasteiger partial charge in [-0.3, -0.25) is 9.48 Å². The first-order valence-corrected chi connectivity index (χ1v) is 10.6. The van der Waals surface area contributed by atoms with Crippen molar-refractivity contribution in [3.63, 3.8) is 0 Å². The van der Waals surface area contributed by atoms with Gasteiger partial charge in [0.25, 0.3) is 5.91 Å². The molecule has 0 unspecified atom stereocenters. The number of hydrogen-bond acceptors (Lipinski definition) is 6. The van der Waals surface area contributed by atoms with Gasteiger partial charge in [-0.2, -0.15) is 5.10 Å². The molecule has 1 amide bonds. The molecule has 0 atom stereocenters. The van der Waals surface area contributed by atoms with Gasteiger partial charge < -0.3 is 15.1 Å². The van der Waals surface area contributed by atoms with Crippen LogP contribution in [0.2, 0.25) is 0 Å². The summed E-state index contributed by atoms with van der Waals surface area (Å²) in [5.41, 5.74) is 0.336. The minimum absolute atomic E-state index is 0.0106. The van der Waals surface area contributed by atoms with E-state index < -0.39 is 31.2 Å². The zero-order chi connectivity index (χ0) is 19.6. The van der Waals surface area contributed by atoms with E-state index >= 15 is 0 Å². The van der Waals surface area contributed by atoms with Crippen molar-refractivity contribution in [1.29, 1.82) is 0 Å². The highest BCUT2D eigenvalue weighted by Crippen LogP contribution is 2.56. The van der Waals surface area contributed by atoms with E-state index in [1.165, 1.54) is 9.58 Å². The Morgan fingerprint density at radius 1 is 1.26 bits per heavy atom. The zero-order valence-electron chi connectivity index (χ0n) is 15.1. The van der Waals surface area contributed by atoms with Gasteiger partial charge in [-0.25, -0.2) is 13.2 Å². The second-order valence-electron chi connectivity index (χ2n) is 8.04. The summed E-state index contributed by atoms with van der Waals surface area (Å²) in [4.78, 5) is 26.0. The second kappa shape index (κ2) is 5.78. The molecule has 1 aromatic heterocycles. The highest BCUT2D eigenvalue weighted by atomic mass is 32.2. The predicted molar refractivity (Wildman–Crippen MR) is 94.4 cm³/mol. The number of carboxylic acid groups (broad SMARTS) is 1. The van der Waals surface area contributed by atoms with Crippen molar-refractivity contribution in [3.8, 4) is 0 Å². The van der Waals surface area contributed by atoms with E-state index in [1.807, 2.05) is 0 Å². The summed E-state index contributed by atoms with van der Waals surface area (Å²) >= 11 is 0. The van der Waals surface area contributed by atoms with Gasteiger partial charge in [0.15, 0.2) is 15.5 Å². The van der Waals surface area contributed by atoms with Gasteiger partial charge in [0.05, 0.1) is 22.6 Å². The van der Waals surface area contributed by atoms with Crippen LogP contribution in [0.15, 0.2) is 0 Å². The summed E-state index contributed by atoms with van der Waals surface area (Å²) in [6.45, 7) is 1.91. The third kappa shape index (κ3) is 2.60. The molecule has 2 N–H and O–H groups in total. The quantitative estimate of drug-likeness (QED) is 0.666. The van der Waals surface area contributed by atoms with Crippen molar-refractivity contribution in [1.82, 2.24) is 14.7 Å². The topological polar surface area (TPSA) is 130 Å². The number of amides is 1. The molecular weight excluding hydrogens is 374 g/mol. The van der Waals surface area contributed by atoms with Gasteiger partial charge in [0.1, 0.15) is 5.69 Å². The average molecular weight is 397 g/mol. The fourth-order valence-electron chi connectivity index (χ4n) is 4.02. The van der Waals surface area contributed by atoms with E-state index in [1.54, 1.807) is 6.92 Å². The Balaban J connectivity index is 1.64. The molecule has 2 saturated carbocycles. The van der Waals surface area contributed by atoms with Gasteiger partial charge in [0.2, 0.25) is 0 Å². The van der Waals surface area contributed by atoms with Crippen molar-refractivity contribution < 1.29 is 28.2 Å².